The SMILES string of the molecule is CO[C@H]1O[C@H](C=O)[C@@H](OCc2ccccc2)[C@H](OCc2ccccc2)[C@H]1NC(C)=O. The Hall–Kier alpha value is -2.58. The fourth-order valence-corrected chi connectivity index (χ4v) is 3.48. The van der Waals surface area contributed by atoms with E-state index in [1.54, 1.807) is 0 Å². The van der Waals surface area contributed by atoms with Gasteiger partial charge in [0.1, 0.15) is 24.4 Å². The molecule has 0 radical (unpaired) electrons. The van der Waals surface area contributed by atoms with Gasteiger partial charge >= 0.3 is 0 Å². The lowest BCUT2D eigenvalue weighted by molar-refractivity contribution is -0.267. The van der Waals surface area contributed by atoms with E-state index in [9.17, 15) is 9.59 Å². The number of methoxy groups -OCH3 is 1. The summed E-state index contributed by atoms with van der Waals surface area (Å²) in [5.74, 6) is -0.259. The Kier molecular flexibility index (Phi) is 8.10. The minimum Gasteiger partial charge on any atom is -0.368 e. The molecule has 1 fully saturated rings. The van der Waals surface area contributed by atoms with Crippen LogP contribution in [0.5, 0.6) is 0 Å². The Morgan fingerprint density at radius 2 is 1.50 bits per heavy atom. The van der Waals surface area contributed by atoms with Crippen LogP contribution < -0.4 is 5.32 Å². The lowest BCUT2D eigenvalue weighted by Crippen LogP contribution is -2.65. The van der Waals surface area contributed by atoms with Gasteiger partial charge in [0, 0.05) is 14.0 Å². The van der Waals surface area contributed by atoms with Crippen LogP contribution >= 0.6 is 0 Å². The largest absolute Gasteiger partial charge is 0.368 e. The second kappa shape index (κ2) is 11.0. The molecule has 2 aromatic rings. The summed E-state index contributed by atoms with van der Waals surface area (Å²) in [7, 11) is 1.46. The van der Waals surface area contributed by atoms with Gasteiger partial charge < -0.3 is 29.1 Å². The highest BCUT2D eigenvalue weighted by Gasteiger charge is 2.48. The summed E-state index contributed by atoms with van der Waals surface area (Å²) < 4.78 is 23.4. The number of amides is 1. The van der Waals surface area contributed by atoms with Crippen LogP contribution in [0.3, 0.4) is 0 Å². The predicted octanol–water partition coefficient (Wildman–Crippen LogP) is 2.23. The van der Waals surface area contributed by atoms with Crippen LogP contribution in [0.25, 0.3) is 0 Å². The van der Waals surface area contributed by atoms with Crippen molar-refractivity contribution in [3.63, 3.8) is 0 Å². The summed E-state index contributed by atoms with van der Waals surface area (Å²) >= 11 is 0. The van der Waals surface area contributed by atoms with E-state index in [1.165, 1.54) is 14.0 Å². The molecule has 0 bridgehead atoms. The maximum absolute atomic E-state index is 11.8. The van der Waals surface area contributed by atoms with Gasteiger partial charge in [0.25, 0.3) is 0 Å². The average Bonchev–Trinajstić information content (AvgIpc) is 2.77. The minimum atomic E-state index is -0.899. The molecule has 1 amide bonds. The first kappa shape index (κ1) is 22.1. The fourth-order valence-electron chi connectivity index (χ4n) is 3.48. The number of benzene rings is 2. The van der Waals surface area contributed by atoms with Gasteiger partial charge in [-0.2, -0.15) is 0 Å². The third kappa shape index (κ3) is 5.73. The van der Waals surface area contributed by atoms with E-state index in [0.717, 1.165) is 11.1 Å². The second-order valence-electron chi connectivity index (χ2n) is 7.09. The van der Waals surface area contributed by atoms with Gasteiger partial charge in [-0.3, -0.25) is 4.79 Å². The molecule has 0 spiro atoms. The summed E-state index contributed by atoms with van der Waals surface area (Å²) in [4.78, 5) is 23.6. The first-order chi connectivity index (χ1) is 14.6. The van der Waals surface area contributed by atoms with Crippen LogP contribution in [0.15, 0.2) is 60.7 Å². The van der Waals surface area contributed by atoms with Gasteiger partial charge in [-0.15, -0.1) is 0 Å². The zero-order valence-corrected chi connectivity index (χ0v) is 17.1. The number of carbonyl (C=O) groups is 2. The molecule has 2 aromatic carbocycles. The zero-order valence-electron chi connectivity index (χ0n) is 17.1. The Labute approximate surface area is 176 Å². The molecule has 7 heteroatoms. The quantitative estimate of drug-likeness (QED) is 0.635. The first-order valence-electron chi connectivity index (χ1n) is 9.84. The highest BCUT2D eigenvalue weighted by molar-refractivity contribution is 5.73. The normalized spacial score (nSPS) is 26.1. The van der Waals surface area contributed by atoms with Crippen molar-refractivity contribution in [1.29, 1.82) is 0 Å². The van der Waals surface area contributed by atoms with Crippen molar-refractivity contribution in [3.05, 3.63) is 71.8 Å². The molecule has 0 unspecified atom stereocenters. The molecule has 0 aliphatic carbocycles. The van der Waals surface area contributed by atoms with Crippen molar-refractivity contribution in [2.45, 2.75) is 50.8 Å². The van der Waals surface area contributed by atoms with Crippen molar-refractivity contribution in [2.75, 3.05) is 7.11 Å². The zero-order chi connectivity index (χ0) is 21.3. The van der Waals surface area contributed by atoms with Crippen LogP contribution in [-0.4, -0.2) is 49.9 Å². The predicted molar refractivity (Wildman–Crippen MR) is 109 cm³/mol. The summed E-state index contributed by atoms with van der Waals surface area (Å²) in [6, 6.07) is 18.6. The third-order valence-electron chi connectivity index (χ3n) is 4.89. The molecule has 7 nitrogen and oxygen atoms in total. The minimum absolute atomic E-state index is 0.259. The maximum Gasteiger partial charge on any atom is 0.217 e. The van der Waals surface area contributed by atoms with Gasteiger partial charge in [-0.25, -0.2) is 0 Å². The third-order valence-corrected chi connectivity index (χ3v) is 4.89. The molecule has 160 valence electrons. The van der Waals surface area contributed by atoms with Crippen molar-refractivity contribution < 1.29 is 28.5 Å². The lowest BCUT2D eigenvalue weighted by Gasteiger charge is -2.44. The van der Waals surface area contributed by atoms with Crippen LogP contribution in [0.4, 0.5) is 0 Å². The van der Waals surface area contributed by atoms with Crippen molar-refractivity contribution >= 4 is 12.2 Å². The highest BCUT2D eigenvalue weighted by atomic mass is 16.7. The summed E-state index contributed by atoms with van der Waals surface area (Å²) in [5.41, 5.74) is 1.91. The van der Waals surface area contributed by atoms with Crippen LogP contribution in [0, 0.1) is 0 Å². The van der Waals surface area contributed by atoms with Crippen molar-refractivity contribution in [1.82, 2.24) is 5.32 Å². The van der Waals surface area contributed by atoms with Gasteiger partial charge in [0.15, 0.2) is 12.6 Å². The Morgan fingerprint density at radius 1 is 0.967 bits per heavy atom. The van der Waals surface area contributed by atoms with Crippen LogP contribution in [-0.2, 0) is 41.8 Å². The van der Waals surface area contributed by atoms with Crippen molar-refractivity contribution in [2.24, 2.45) is 0 Å². The molecule has 1 aliphatic heterocycles. The molecule has 5 atom stereocenters. The number of aldehydes is 1. The molecule has 3 rings (SSSR count). The summed E-state index contributed by atoms with van der Waals surface area (Å²) in [6.45, 7) is 1.97. The number of carbonyl (C=O) groups excluding carboxylic acids is 2. The molecule has 0 aromatic heterocycles. The van der Waals surface area contributed by atoms with E-state index in [1.807, 2.05) is 60.7 Å². The number of hydrogen-bond acceptors (Lipinski definition) is 6. The van der Waals surface area contributed by atoms with Gasteiger partial charge in [0.05, 0.1) is 13.2 Å². The molecular formula is C23H27NO6. The Balaban J connectivity index is 1.84. The molecule has 1 heterocycles. The van der Waals surface area contributed by atoms with E-state index in [2.05, 4.69) is 5.32 Å². The van der Waals surface area contributed by atoms with E-state index in [0.29, 0.717) is 6.29 Å². The van der Waals surface area contributed by atoms with Crippen molar-refractivity contribution in [3.8, 4) is 0 Å². The number of rotatable bonds is 9. The maximum atomic E-state index is 11.8. The lowest BCUT2D eigenvalue weighted by atomic mass is 9.96. The highest BCUT2D eigenvalue weighted by Crippen LogP contribution is 2.27. The molecule has 1 saturated heterocycles. The topological polar surface area (TPSA) is 83.1 Å². The number of hydrogen-bond donors (Lipinski definition) is 1. The van der Waals surface area contributed by atoms with Crippen LogP contribution in [0.2, 0.25) is 0 Å². The van der Waals surface area contributed by atoms with E-state index >= 15 is 0 Å². The van der Waals surface area contributed by atoms with Gasteiger partial charge in [0.2, 0.25) is 5.91 Å². The second-order valence-corrected chi connectivity index (χ2v) is 7.09. The monoisotopic (exact) mass is 413 g/mol. The molecule has 0 saturated carbocycles. The standard InChI is InChI=1S/C23H27NO6/c1-16(26)24-20-22(29-15-18-11-7-4-8-12-18)21(19(13-25)30-23(20)27-2)28-14-17-9-5-3-6-10-17/h3-13,19-23H,14-15H2,1-2H3,(H,24,26)/t19-,20-,21-,22-,23+/m1/s1. The van der Waals surface area contributed by atoms with E-state index < -0.39 is 30.6 Å². The summed E-state index contributed by atoms with van der Waals surface area (Å²) in [5, 5.41) is 2.83. The fraction of sp³-hybridized carbons (Fsp3) is 0.391. The number of nitrogens with one attached hydrogen (secondary N) is 1. The Bertz CT molecular complexity index is 800. The smallest absolute Gasteiger partial charge is 0.217 e. The molecule has 1 N–H and O–H groups in total. The Morgan fingerprint density at radius 3 is 1.97 bits per heavy atom. The van der Waals surface area contributed by atoms with E-state index in [-0.39, 0.29) is 19.1 Å². The average molecular weight is 413 g/mol. The summed E-state index contributed by atoms with van der Waals surface area (Å²) in [6.07, 6.45) is -2.45. The molecule has 1 aliphatic rings. The molecular weight excluding hydrogens is 386 g/mol. The van der Waals surface area contributed by atoms with Gasteiger partial charge in [-0.05, 0) is 11.1 Å². The van der Waals surface area contributed by atoms with E-state index in [4.69, 9.17) is 18.9 Å². The first-order valence-corrected chi connectivity index (χ1v) is 9.84. The molecule has 30 heavy (non-hydrogen) atoms. The van der Waals surface area contributed by atoms with Crippen LogP contribution in [0.1, 0.15) is 18.1 Å². The number of ether oxygens (including phenoxy) is 4. The van der Waals surface area contributed by atoms with Gasteiger partial charge in [-0.1, -0.05) is 60.7 Å².